The van der Waals surface area contributed by atoms with Crippen molar-refractivity contribution in [3.8, 4) is 17.2 Å². The van der Waals surface area contributed by atoms with Crippen LogP contribution in [-0.2, 0) is 14.8 Å². The molecule has 0 aliphatic heterocycles. The van der Waals surface area contributed by atoms with Crippen molar-refractivity contribution in [2.75, 3.05) is 43.2 Å². The van der Waals surface area contributed by atoms with Gasteiger partial charge in [-0.3, -0.25) is 9.10 Å². The number of rotatable bonds is 11. The monoisotopic (exact) mass is 436 g/mol. The summed E-state index contributed by atoms with van der Waals surface area (Å²) in [7, 11) is -0.440. The van der Waals surface area contributed by atoms with Gasteiger partial charge in [-0.1, -0.05) is 0 Å². The lowest BCUT2D eigenvalue weighted by Gasteiger charge is -2.22. The molecule has 2 aromatic carbocycles. The first-order valence-electron chi connectivity index (χ1n) is 9.51. The third-order valence-corrected chi connectivity index (χ3v) is 5.48. The topological polar surface area (TPSA) is 94.2 Å². The van der Waals surface area contributed by atoms with Crippen LogP contribution >= 0.6 is 0 Å². The first-order chi connectivity index (χ1) is 14.3. The molecule has 30 heavy (non-hydrogen) atoms. The number of amides is 1. The van der Waals surface area contributed by atoms with Crippen molar-refractivity contribution in [2.24, 2.45) is 0 Å². The first-order valence-corrected chi connectivity index (χ1v) is 11.4. The second-order valence-corrected chi connectivity index (χ2v) is 8.39. The van der Waals surface area contributed by atoms with Gasteiger partial charge in [0.25, 0.3) is 0 Å². The fourth-order valence-electron chi connectivity index (χ4n) is 2.86. The zero-order chi connectivity index (χ0) is 22.1. The second kappa shape index (κ2) is 10.7. The highest BCUT2D eigenvalue weighted by atomic mass is 32.2. The van der Waals surface area contributed by atoms with Crippen LogP contribution in [-0.4, -0.2) is 48.0 Å². The third-order valence-electron chi connectivity index (χ3n) is 4.28. The van der Waals surface area contributed by atoms with Gasteiger partial charge in [-0.25, -0.2) is 8.42 Å². The Labute approximate surface area is 177 Å². The number of benzene rings is 2. The van der Waals surface area contributed by atoms with Crippen LogP contribution in [0.1, 0.15) is 19.8 Å². The van der Waals surface area contributed by atoms with Gasteiger partial charge in [0, 0.05) is 19.0 Å². The standard InChI is InChI=1S/C21H28N2O6S/c1-5-29-17-10-8-16(9-11-17)23(30(4,25)26)14-6-7-21(24)22-19-13-12-18(27-2)15-20(19)28-3/h8-13,15H,5-7,14H2,1-4H3,(H,22,24). The molecule has 2 rings (SSSR count). The lowest BCUT2D eigenvalue weighted by molar-refractivity contribution is -0.116. The van der Waals surface area contributed by atoms with E-state index in [1.807, 2.05) is 6.92 Å². The molecule has 0 atom stereocenters. The average Bonchev–Trinajstić information content (AvgIpc) is 2.71. The molecule has 1 N–H and O–H groups in total. The van der Waals surface area contributed by atoms with E-state index in [1.54, 1.807) is 49.6 Å². The molecule has 0 fully saturated rings. The molecule has 0 saturated heterocycles. The Morgan fingerprint density at radius 3 is 2.27 bits per heavy atom. The number of nitrogens with zero attached hydrogens (tertiary/aromatic N) is 1. The van der Waals surface area contributed by atoms with E-state index in [2.05, 4.69) is 5.32 Å². The van der Waals surface area contributed by atoms with Gasteiger partial charge in [0.15, 0.2) is 0 Å². The molecule has 2 aromatic rings. The number of hydrogen-bond acceptors (Lipinski definition) is 6. The minimum Gasteiger partial charge on any atom is -0.497 e. The second-order valence-electron chi connectivity index (χ2n) is 6.48. The summed E-state index contributed by atoms with van der Waals surface area (Å²) in [5, 5.41) is 2.78. The van der Waals surface area contributed by atoms with E-state index in [-0.39, 0.29) is 18.9 Å². The van der Waals surface area contributed by atoms with Crippen molar-refractivity contribution < 1.29 is 27.4 Å². The van der Waals surface area contributed by atoms with Crippen molar-refractivity contribution in [1.82, 2.24) is 0 Å². The van der Waals surface area contributed by atoms with Gasteiger partial charge in [-0.2, -0.15) is 0 Å². The Morgan fingerprint density at radius 2 is 1.70 bits per heavy atom. The quantitative estimate of drug-likeness (QED) is 0.581. The van der Waals surface area contributed by atoms with Crippen molar-refractivity contribution in [2.45, 2.75) is 19.8 Å². The van der Waals surface area contributed by atoms with Crippen LogP contribution in [0.4, 0.5) is 11.4 Å². The number of hydrogen-bond donors (Lipinski definition) is 1. The summed E-state index contributed by atoms with van der Waals surface area (Å²) in [4.78, 5) is 12.3. The van der Waals surface area contributed by atoms with Gasteiger partial charge >= 0.3 is 0 Å². The molecule has 0 spiro atoms. The fraction of sp³-hybridized carbons (Fsp3) is 0.381. The molecule has 0 saturated carbocycles. The first kappa shape index (κ1) is 23.3. The van der Waals surface area contributed by atoms with Crippen molar-refractivity contribution in [1.29, 1.82) is 0 Å². The fourth-order valence-corrected chi connectivity index (χ4v) is 3.82. The van der Waals surface area contributed by atoms with Crippen LogP contribution in [0.3, 0.4) is 0 Å². The van der Waals surface area contributed by atoms with Gasteiger partial charge in [-0.05, 0) is 49.7 Å². The summed E-state index contributed by atoms with van der Waals surface area (Å²) in [6.45, 7) is 2.59. The lowest BCUT2D eigenvalue weighted by Crippen LogP contribution is -2.31. The van der Waals surface area contributed by atoms with Gasteiger partial charge in [-0.15, -0.1) is 0 Å². The summed E-state index contributed by atoms with van der Waals surface area (Å²) in [5.74, 6) is 1.53. The van der Waals surface area contributed by atoms with E-state index in [0.29, 0.717) is 41.7 Å². The van der Waals surface area contributed by atoms with Crippen LogP contribution in [0.15, 0.2) is 42.5 Å². The van der Waals surface area contributed by atoms with Gasteiger partial charge in [0.1, 0.15) is 17.2 Å². The molecule has 0 aromatic heterocycles. The van der Waals surface area contributed by atoms with Crippen molar-refractivity contribution in [3.63, 3.8) is 0 Å². The van der Waals surface area contributed by atoms with E-state index < -0.39 is 10.0 Å². The molecule has 0 unspecified atom stereocenters. The Bertz CT molecular complexity index is 944. The van der Waals surface area contributed by atoms with E-state index in [0.717, 1.165) is 6.26 Å². The Balaban J connectivity index is 1.99. The average molecular weight is 437 g/mol. The smallest absolute Gasteiger partial charge is 0.232 e. The largest absolute Gasteiger partial charge is 0.497 e. The number of sulfonamides is 1. The van der Waals surface area contributed by atoms with Crippen LogP contribution in [0.2, 0.25) is 0 Å². The third kappa shape index (κ3) is 6.55. The van der Waals surface area contributed by atoms with E-state index >= 15 is 0 Å². The Hall–Kier alpha value is -2.94. The van der Waals surface area contributed by atoms with Crippen LogP contribution < -0.4 is 23.8 Å². The highest BCUT2D eigenvalue weighted by Crippen LogP contribution is 2.29. The Kier molecular flexibility index (Phi) is 8.35. The maximum atomic E-state index is 12.3. The predicted octanol–water partition coefficient (Wildman–Crippen LogP) is 3.29. The van der Waals surface area contributed by atoms with Crippen LogP contribution in [0.25, 0.3) is 0 Å². The molecule has 9 heteroatoms. The normalized spacial score (nSPS) is 10.9. The van der Waals surface area contributed by atoms with Crippen LogP contribution in [0.5, 0.6) is 17.2 Å². The molecule has 0 aliphatic carbocycles. The number of methoxy groups -OCH3 is 2. The highest BCUT2D eigenvalue weighted by molar-refractivity contribution is 7.92. The summed E-state index contributed by atoms with van der Waals surface area (Å²) in [5.41, 5.74) is 1.05. The van der Waals surface area contributed by atoms with E-state index in [1.165, 1.54) is 11.4 Å². The minimum absolute atomic E-state index is 0.151. The summed E-state index contributed by atoms with van der Waals surface area (Å²) in [6.07, 6.45) is 1.65. The molecule has 164 valence electrons. The van der Waals surface area contributed by atoms with Crippen LogP contribution in [0, 0.1) is 0 Å². The lowest BCUT2D eigenvalue weighted by atomic mass is 10.2. The van der Waals surface area contributed by atoms with Gasteiger partial charge in [0.05, 0.1) is 38.5 Å². The zero-order valence-electron chi connectivity index (χ0n) is 17.7. The number of carbonyl (C=O) groups is 1. The zero-order valence-corrected chi connectivity index (χ0v) is 18.5. The Morgan fingerprint density at radius 1 is 1.03 bits per heavy atom. The summed E-state index contributed by atoms with van der Waals surface area (Å²) >= 11 is 0. The van der Waals surface area contributed by atoms with Crippen molar-refractivity contribution >= 4 is 27.3 Å². The molecule has 0 aliphatic rings. The molecular weight excluding hydrogens is 408 g/mol. The molecule has 0 radical (unpaired) electrons. The van der Waals surface area contributed by atoms with E-state index in [4.69, 9.17) is 14.2 Å². The maximum absolute atomic E-state index is 12.3. The number of carbonyl (C=O) groups excluding carboxylic acids is 1. The molecule has 1 amide bonds. The van der Waals surface area contributed by atoms with E-state index in [9.17, 15) is 13.2 Å². The predicted molar refractivity (Wildman–Crippen MR) is 117 cm³/mol. The van der Waals surface area contributed by atoms with Crippen molar-refractivity contribution in [3.05, 3.63) is 42.5 Å². The van der Waals surface area contributed by atoms with Gasteiger partial charge < -0.3 is 19.5 Å². The number of ether oxygens (including phenoxy) is 3. The number of anilines is 2. The van der Waals surface area contributed by atoms with Gasteiger partial charge in [0.2, 0.25) is 15.9 Å². The molecule has 0 heterocycles. The highest BCUT2D eigenvalue weighted by Gasteiger charge is 2.18. The molecule has 8 nitrogen and oxygen atoms in total. The maximum Gasteiger partial charge on any atom is 0.232 e. The minimum atomic E-state index is -3.49. The summed E-state index contributed by atoms with van der Waals surface area (Å²) < 4.78 is 41.5. The SMILES string of the molecule is CCOc1ccc(N(CCCC(=O)Nc2ccc(OC)cc2OC)S(C)(=O)=O)cc1. The molecular formula is C21H28N2O6S. The summed E-state index contributed by atoms with van der Waals surface area (Å²) in [6, 6.07) is 11.9. The number of nitrogens with one attached hydrogen (secondary N) is 1. The molecule has 0 bridgehead atoms.